The first-order chi connectivity index (χ1) is 8.77. The first-order valence-electron chi connectivity index (χ1n) is 6.37. The lowest BCUT2D eigenvalue weighted by molar-refractivity contribution is 0.196. The summed E-state index contributed by atoms with van der Waals surface area (Å²) in [6.07, 6.45) is 6.68. The van der Waals surface area contributed by atoms with Gasteiger partial charge in [-0.25, -0.2) is 0 Å². The van der Waals surface area contributed by atoms with Crippen LogP contribution >= 0.6 is 11.6 Å². The minimum Gasteiger partial charge on any atom is -0.383 e. The molecule has 0 aromatic heterocycles. The Morgan fingerprint density at radius 1 is 1.33 bits per heavy atom. The first kappa shape index (κ1) is 13.6. The van der Waals surface area contributed by atoms with Crippen molar-refractivity contribution < 1.29 is 4.74 Å². The Labute approximate surface area is 114 Å². The molecule has 18 heavy (non-hydrogen) atoms. The molecule has 0 atom stereocenters. The molecule has 0 fully saturated rings. The number of ether oxygens (including phenoxy) is 1. The molecule has 0 bridgehead atoms. The van der Waals surface area contributed by atoms with Gasteiger partial charge in [0.1, 0.15) is 0 Å². The lowest BCUT2D eigenvalue weighted by atomic mass is 9.78. The van der Waals surface area contributed by atoms with E-state index in [1.807, 2.05) is 12.1 Å². The van der Waals surface area contributed by atoms with Crippen LogP contribution in [0.3, 0.4) is 0 Å². The molecule has 98 valence electrons. The maximum absolute atomic E-state index is 6.11. The molecule has 0 spiro atoms. The van der Waals surface area contributed by atoms with Crippen LogP contribution in [0, 0.1) is 0 Å². The minimum absolute atomic E-state index is 0.165. The molecule has 0 aliphatic heterocycles. The average molecular weight is 266 g/mol. The van der Waals surface area contributed by atoms with Crippen molar-refractivity contribution in [2.24, 2.45) is 0 Å². The Morgan fingerprint density at radius 2 is 2.11 bits per heavy atom. The van der Waals surface area contributed by atoms with Crippen LogP contribution in [0.2, 0.25) is 5.02 Å². The summed E-state index contributed by atoms with van der Waals surface area (Å²) in [5.41, 5.74) is 1.49. The monoisotopic (exact) mass is 265 g/mol. The molecule has 0 saturated heterocycles. The predicted octanol–water partition coefficient (Wildman–Crippen LogP) is 3.16. The van der Waals surface area contributed by atoms with Gasteiger partial charge in [-0.05, 0) is 30.5 Å². The van der Waals surface area contributed by atoms with E-state index in [1.165, 1.54) is 5.56 Å². The Balaban J connectivity index is 2.07. The van der Waals surface area contributed by atoms with Crippen molar-refractivity contribution in [3.05, 3.63) is 47.0 Å². The van der Waals surface area contributed by atoms with Crippen molar-refractivity contribution >= 4 is 11.6 Å². The van der Waals surface area contributed by atoms with E-state index >= 15 is 0 Å². The van der Waals surface area contributed by atoms with Crippen molar-refractivity contribution in [3.8, 4) is 0 Å². The Hall–Kier alpha value is -0.830. The summed E-state index contributed by atoms with van der Waals surface area (Å²) in [6.45, 7) is 2.60. The summed E-state index contributed by atoms with van der Waals surface area (Å²) in [5.74, 6) is 0. The molecule has 2 nitrogen and oxygen atoms in total. The van der Waals surface area contributed by atoms with Gasteiger partial charge in [0, 0.05) is 30.6 Å². The SMILES string of the molecule is COCCNCC1(c2cccc(Cl)c2)CC=CC1. The van der Waals surface area contributed by atoms with Gasteiger partial charge in [0.25, 0.3) is 0 Å². The van der Waals surface area contributed by atoms with E-state index in [0.29, 0.717) is 0 Å². The standard InChI is InChI=1S/C15H20ClNO/c1-18-10-9-17-12-15(7-2-3-8-15)13-5-4-6-14(16)11-13/h2-6,11,17H,7-10,12H2,1H3. The van der Waals surface area contributed by atoms with Crippen molar-refractivity contribution in [1.29, 1.82) is 0 Å². The molecule has 2 rings (SSSR count). The number of hydrogen-bond acceptors (Lipinski definition) is 2. The van der Waals surface area contributed by atoms with Crippen molar-refractivity contribution in [3.63, 3.8) is 0 Å². The number of methoxy groups -OCH3 is 1. The van der Waals surface area contributed by atoms with Crippen LogP contribution in [-0.2, 0) is 10.2 Å². The maximum Gasteiger partial charge on any atom is 0.0587 e. The molecule has 0 heterocycles. The Bertz CT molecular complexity index is 409. The third-order valence-electron chi connectivity index (χ3n) is 3.57. The van der Waals surface area contributed by atoms with E-state index in [2.05, 4.69) is 29.6 Å². The zero-order valence-electron chi connectivity index (χ0n) is 10.8. The summed E-state index contributed by atoms with van der Waals surface area (Å²) in [7, 11) is 1.73. The van der Waals surface area contributed by atoms with E-state index < -0.39 is 0 Å². The van der Waals surface area contributed by atoms with Crippen LogP contribution in [0.4, 0.5) is 0 Å². The largest absolute Gasteiger partial charge is 0.383 e. The second-order valence-electron chi connectivity index (χ2n) is 4.84. The van der Waals surface area contributed by atoms with Gasteiger partial charge in [0.2, 0.25) is 0 Å². The number of benzene rings is 1. The maximum atomic E-state index is 6.11. The second-order valence-corrected chi connectivity index (χ2v) is 5.28. The van der Waals surface area contributed by atoms with Gasteiger partial charge < -0.3 is 10.1 Å². The van der Waals surface area contributed by atoms with E-state index in [1.54, 1.807) is 7.11 Å². The molecule has 1 aromatic carbocycles. The number of nitrogens with one attached hydrogen (secondary N) is 1. The highest BCUT2D eigenvalue weighted by Gasteiger charge is 2.32. The van der Waals surface area contributed by atoms with E-state index in [-0.39, 0.29) is 5.41 Å². The number of allylic oxidation sites excluding steroid dienone is 2. The number of rotatable bonds is 6. The van der Waals surface area contributed by atoms with Gasteiger partial charge in [0.05, 0.1) is 6.61 Å². The highest BCUT2D eigenvalue weighted by atomic mass is 35.5. The van der Waals surface area contributed by atoms with E-state index in [0.717, 1.165) is 37.6 Å². The van der Waals surface area contributed by atoms with Crippen molar-refractivity contribution in [1.82, 2.24) is 5.32 Å². The fourth-order valence-corrected chi connectivity index (χ4v) is 2.69. The summed E-state index contributed by atoms with van der Waals surface area (Å²) < 4.78 is 5.07. The molecule has 1 aromatic rings. The third kappa shape index (κ3) is 3.14. The topological polar surface area (TPSA) is 21.3 Å². The number of hydrogen-bond donors (Lipinski definition) is 1. The highest BCUT2D eigenvalue weighted by Crippen LogP contribution is 2.37. The van der Waals surface area contributed by atoms with Gasteiger partial charge in [0.15, 0.2) is 0 Å². The smallest absolute Gasteiger partial charge is 0.0587 e. The molecule has 0 saturated carbocycles. The zero-order valence-corrected chi connectivity index (χ0v) is 11.5. The summed E-state index contributed by atoms with van der Waals surface area (Å²) in [5, 5.41) is 4.29. The quantitative estimate of drug-likeness (QED) is 0.630. The second kappa shape index (κ2) is 6.37. The molecule has 1 aliphatic carbocycles. The lowest BCUT2D eigenvalue weighted by Crippen LogP contribution is -2.37. The molecule has 3 heteroatoms. The fraction of sp³-hybridized carbons (Fsp3) is 0.467. The predicted molar refractivity (Wildman–Crippen MR) is 76.2 cm³/mol. The van der Waals surface area contributed by atoms with Gasteiger partial charge in [-0.3, -0.25) is 0 Å². The Morgan fingerprint density at radius 3 is 2.78 bits per heavy atom. The lowest BCUT2D eigenvalue weighted by Gasteiger charge is -2.30. The molecule has 0 radical (unpaired) electrons. The van der Waals surface area contributed by atoms with E-state index in [4.69, 9.17) is 16.3 Å². The van der Waals surface area contributed by atoms with Gasteiger partial charge in [-0.15, -0.1) is 0 Å². The average Bonchev–Trinajstić information content (AvgIpc) is 2.85. The van der Waals surface area contributed by atoms with Gasteiger partial charge >= 0.3 is 0 Å². The van der Waals surface area contributed by atoms with Crippen LogP contribution in [0.15, 0.2) is 36.4 Å². The van der Waals surface area contributed by atoms with Gasteiger partial charge in [-0.1, -0.05) is 35.9 Å². The summed E-state index contributed by atoms with van der Waals surface area (Å²) in [4.78, 5) is 0. The fourth-order valence-electron chi connectivity index (χ4n) is 2.50. The molecule has 0 amide bonds. The molecular formula is C15H20ClNO. The summed E-state index contributed by atoms with van der Waals surface area (Å²) >= 11 is 6.11. The molecule has 0 unspecified atom stereocenters. The zero-order chi connectivity index (χ0) is 12.8. The van der Waals surface area contributed by atoms with Crippen LogP contribution in [0.25, 0.3) is 0 Å². The van der Waals surface area contributed by atoms with Crippen LogP contribution in [0.1, 0.15) is 18.4 Å². The highest BCUT2D eigenvalue weighted by molar-refractivity contribution is 6.30. The third-order valence-corrected chi connectivity index (χ3v) is 3.80. The Kier molecular flexibility index (Phi) is 4.81. The normalized spacial score (nSPS) is 17.2. The van der Waals surface area contributed by atoms with Crippen molar-refractivity contribution in [2.45, 2.75) is 18.3 Å². The van der Waals surface area contributed by atoms with E-state index in [9.17, 15) is 0 Å². The summed E-state index contributed by atoms with van der Waals surface area (Å²) in [6, 6.07) is 8.23. The van der Waals surface area contributed by atoms with Crippen LogP contribution in [-0.4, -0.2) is 26.8 Å². The van der Waals surface area contributed by atoms with Crippen molar-refractivity contribution in [2.75, 3.05) is 26.8 Å². The van der Waals surface area contributed by atoms with Crippen LogP contribution < -0.4 is 5.32 Å². The number of halogens is 1. The van der Waals surface area contributed by atoms with Gasteiger partial charge in [-0.2, -0.15) is 0 Å². The molecule has 1 N–H and O–H groups in total. The van der Waals surface area contributed by atoms with Crippen LogP contribution in [0.5, 0.6) is 0 Å². The first-order valence-corrected chi connectivity index (χ1v) is 6.75. The minimum atomic E-state index is 0.165. The molecule has 1 aliphatic rings. The molecular weight excluding hydrogens is 246 g/mol.